The number of benzene rings is 3. The van der Waals surface area contributed by atoms with Gasteiger partial charge in [0.15, 0.2) is 0 Å². The second-order valence-electron chi connectivity index (χ2n) is 8.52. The molecule has 0 fully saturated rings. The van der Waals surface area contributed by atoms with Crippen molar-refractivity contribution in [3.05, 3.63) is 136 Å². The Labute approximate surface area is 228 Å². The van der Waals surface area contributed by atoms with E-state index < -0.39 is 5.92 Å². The molecule has 36 heavy (non-hydrogen) atoms. The van der Waals surface area contributed by atoms with E-state index in [2.05, 4.69) is 42.1 Å². The van der Waals surface area contributed by atoms with Gasteiger partial charge in [0.05, 0.1) is 22.5 Å². The predicted molar refractivity (Wildman–Crippen MR) is 150 cm³/mol. The van der Waals surface area contributed by atoms with Gasteiger partial charge in [-0.15, -0.1) is 0 Å². The monoisotopic (exact) mass is 626 g/mol. The van der Waals surface area contributed by atoms with Crippen LogP contribution in [0, 0.1) is 13.8 Å². The van der Waals surface area contributed by atoms with Crippen LogP contribution in [0.2, 0.25) is 5.02 Å². The number of nitrogens with zero attached hydrogens (tertiary/aromatic N) is 2. The average molecular weight is 629 g/mol. The van der Waals surface area contributed by atoms with Crippen LogP contribution >= 0.6 is 43.5 Å². The van der Waals surface area contributed by atoms with Crippen LogP contribution in [0.4, 0.5) is 0 Å². The molecular formula is C27H21Br2ClN4O2. The minimum atomic E-state index is -0.608. The fraction of sp³-hybridized carbons (Fsp3) is 0.111. The summed E-state index contributed by atoms with van der Waals surface area (Å²) in [5.41, 5.74) is 4.12. The smallest absolute Gasteiger partial charge is 0.275 e. The predicted octanol–water partition coefficient (Wildman–Crippen LogP) is 6.62. The Balaban J connectivity index is 1.75. The molecule has 3 aromatic carbocycles. The van der Waals surface area contributed by atoms with Crippen molar-refractivity contribution in [1.82, 2.24) is 19.6 Å². The third kappa shape index (κ3) is 4.45. The molecule has 0 atom stereocenters. The summed E-state index contributed by atoms with van der Waals surface area (Å²) >= 11 is 13.0. The van der Waals surface area contributed by atoms with Gasteiger partial charge in [-0.3, -0.25) is 19.8 Å². The molecule has 5 aromatic rings. The summed E-state index contributed by atoms with van der Waals surface area (Å²) < 4.78 is 4.85. The highest BCUT2D eigenvalue weighted by atomic mass is 79.9. The number of aromatic amines is 2. The maximum Gasteiger partial charge on any atom is 0.275 e. The first kappa shape index (κ1) is 24.6. The zero-order valence-electron chi connectivity index (χ0n) is 19.4. The summed E-state index contributed by atoms with van der Waals surface area (Å²) in [7, 11) is 0. The SMILES string of the molecule is Cc1[nH]n(-c2ccc(Br)cc2)c(=O)c1C(c1ccc(Cl)cc1)c1c(C)[nH]n(-c2ccc(Br)cc2)c1=O. The standard InChI is InChI=1S/C27H21Br2ClN4O2/c1-15-23(26(35)33(31-15)21-11-5-18(28)6-12-21)25(17-3-9-20(30)10-4-17)24-16(2)32-34(27(24)36)22-13-7-19(29)8-14-22/h3-14,25,31-32H,1-2H3. The highest BCUT2D eigenvalue weighted by Crippen LogP contribution is 2.33. The maximum absolute atomic E-state index is 13.8. The summed E-state index contributed by atoms with van der Waals surface area (Å²) in [6.07, 6.45) is 0. The lowest BCUT2D eigenvalue weighted by atomic mass is 9.85. The Morgan fingerprint density at radius 1 is 0.667 bits per heavy atom. The molecule has 2 aromatic heterocycles. The molecule has 0 amide bonds. The number of nitrogens with one attached hydrogen (secondary N) is 2. The summed E-state index contributed by atoms with van der Waals surface area (Å²) in [4.78, 5) is 27.7. The van der Waals surface area contributed by atoms with Crippen LogP contribution in [0.3, 0.4) is 0 Å². The highest BCUT2D eigenvalue weighted by molar-refractivity contribution is 9.10. The number of rotatable bonds is 5. The van der Waals surface area contributed by atoms with E-state index in [1.807, 2.05) is 74.5 Å². The highest BCUT2D eigenvalue weighted by Gasteiger charge is 2.30. The van der Waals surface area contributed by atoms with E-state index >= 15 is 0 Å². The molecular weight excluding hydrogens is 608 g/mol. The van der Waals surface area contributed by atoms with Crippen molar-refractivity contribution in [2.75, 3.05) is 0 Å². The molecule has 182 valence electrons. The van der Waals surface area contributed by atoms with Gasteiger partial charge < -0.3 is 0 Å². The summed E-state index contributed by atoms with van der Waals surface area (Å²) in [5, 5.41) is 6.98. The topological polar surface area (TPSA) is 75.6 Å². The Morgan fingerprint density at radius 3 is 1.44 bits per heavy atom. The van der Waals surface area contributed by atoms with Crippen molar-refractivity contribution in [2.45, 2.75) is 19.8 Å². The van der Waals surface area contributed by atoms with Gasteiger partial charge in [0.2, 0.25) is 0 Å². The van der Waals surface area contributed by atoms with Gasteiger partial charge in [-0.1, -0.05) is 55.6 Å². The zero-order valence-corrected chi connectivity index (χ0v) is 23.3. The summed E-state index contributed by atoms with van der Waals surface area (Å²) in [6, 6.07) is 22.2. The minimum absolute atomic E-state index is 0.218. The molecule has 0 saturated heterocycles. The number of aromatic nitrogens is 4. The van der Waals surface area contributed by atoms with Gasteiger partial charge in [0.25, 0.3) is 11.1 Å². The van der Waals surface area contributed by atoms with Crippen LogP contribution < -0.4 is 11.1 Å². The van der Waals surface area contributed by atoms with Gasteiger partial charge in [-0.2, -0.15) is 0 Å². The number of H-pyrrole nitrogens is 2. The van der Waals surface area contributed by atoms with Crippen molar-refractivity contribution in [3.8, 4) is 11.4 Å². The van der Waals surface area contributed by atoms with E-state index in [9.17, 15) is 9.59 Å². The van der Waals surface area contributed by atoms with Crippen molar-refractivity contribution in [2.24, 2.45) is 0 Å². The van der Waals surface area contributed by atoms with E-state index in [0.717, 1.165) is 14.5 Å². The molecule has 0 aliphatic rings. The first-order valence-electron chi connectivity index (χ1n) is 11.1. The molecule has 0 saturated carbocycles. The van der Waals surface area contributed by atoms with Gasteiger partial charge in [0, 0.05) is 31.3 Å². The molecule has 0 bridgehead atoms. The largest absolute Gasteiger partial charge is 0.295 e. The molecule has 6 nitrogen and oxygen atoms in total. The molecule has 9 heteroatoms. The van der Waals surface area contributed by atoms with Gasteiger partial charge in [0.1, 0.15) is 0 Å². The third-order valence-corrected chi connectivity index (χ3v) is 7.49. The van der Waals surface area contributed by atoms with Crippen molar-refractivity contribution in [1.29, 1.82) is 0 Å². The van der Waals surface area contributed by atoms with Crippen LogP contribution in [0.25, 0.3) is 11.4 Å². The Hall–Kier alpha value is -3.07. The fourth-order valence-electron chi connectivity index (χ4n) is 4.48. The lowest BCUT2D eigenvalue weighted by Gasteiger charge is -2.16. The quantitative estimate of drug-likeness (QED) is 0.230. The molecule has 0 aliphatic carbocycles. The zero-order chi connectivity index (χ0) is 25.6. The number of hydrogen-bond acceptors (Lipinski definition) is 2. The summed E-state index contributed by atoms with van der Waals surface area (Å²) in [5.74, 6) is -0.608. The van der Waals surface area contributed by atoms with Crippen LogP contribution in [-0.2, 0) is 0 Å². The van der Waals surface area contributed by atoms with E-state index in [1.54, 1.807) is 12.1 Å². The van der Waals surface area contributed by atoms with Crippen LogP contribution in [0.15, 0.2) is 91.3 Å². The molecule has 0 spiro atoms. The van der Waals surface area contributed by atoms with Gasteiger partial charge in [-0.05, 0) is 80.1 Å². The molecule has 0 unspecified atom stereocenters. The van der Waals surface area contributed by atoms with E-state index in [0.29, 0.717) is 38.9 Å². The van der Waals surface area contributed by atoms with E-state index in [1.165, 1.54) is 9.36 Å². The molecule has 2 N–H and O–H groups in total. The van der Waals surface area contributed by atoms with Gasteiger partial charge in [-0.25, -0.2) is 9.36 Å². The van der Waals surface area contributed by atoms with Gasteiger partial charge >= 0.3 is 0 Å². The van der Waals surface area contributed by atoms with Crippen LogP contribution in [0.1, 0.15) is 34.0 Å². The van der Waals surface area contributed by atoms with Crippen molar-refractivity contribution in [3.63, 3.8) is 0 Å². The minimum Gasteiger partial charge on any atom is -0.295 e. The first-order valence-corrected chi connectivity index (χ1v) is 13.1. The first-order chi connectivity index (χ1) is 17.2. The maximum atomic E-state index is 13.8. The normalized spacial score (nSPS) is 11.4. The second-order valence-corrected chi connectivity index (χ2v) is 10.8. The van der Waals surface area contributed by atoms with E-state index in [4.69, 9.17) is 11.6 Å². The molecule has 5 rings (SSSR count). The van der Waals surface area contributed by atoms with Crippen molar-refractivity contribution < 1.29 is 0 Å². The van der Waals surface area contributed by atoms with Crippen LogP contribution in [-0.4, -0.2) is 19.6 Å². The fourth-order valence-corrected chi connectivity index (χ4v) is 5.13. The Bertz CT molecular complexity index is 1560. The third-order valence-electron chi connectivity index (χ3n) is 6.18. The van der Waals surface area contributed by atoms with Crippen LogP contribution in [0.5, 0.6) is 0 Å². The van der Waals surface area contributed by atoms with Crippen molar-refractivity contribution >= 4 is 43.5 Å². The number of halogens is 3. The Morgan fingerprint density at radius 2 is 1.06 bits per heavy atom. The Kier molecular flexibility index (Phi) is 6.68. The average Bonchev–Trinajstić information content (AvgIpc) is 3.32. The summed E-state index contributed by atoms with van der Waals surface area (Å²) in [6.45, 7) is 3.70. The number of aryl methyl sites for hydroxylation is 2. The molecule has 2 heterocycles. The molecule has 0 aliphatic heterocycles. The lowest BCUT2D eigenvalue weighted by molar-refractivity contribution is 0.830. The lowest BCUT2D eigenvalue weighted by Crippen LogP contribution is -2.25. The molecule has 0 radical (unpaired) electrons. The second kappa shape index (κ2) is 9.76. The van der Waals surface area contributed by atoms with E-state index in [-0.39, 0.29) is 11.1 Å². The number of hydrogen-bond donors (Lipinski definition) is 2.